The van der Waals surface area contributed by atoms with Gasteiger partial charge in [-0.3, -0.25) is 0 Å². The first-order chi connectivity index (χ1) is 24.8. The number of fused-ring (bicyclic) bond motifs is 6. The molecule has 3 heterocycles. The maximum Gasteiger partial charge on any atom is 0.160 e. The lowest BCUT2D eigenvalue weighted by Crippen LogP contribution is -1.97. The molecule has 3 nitrogen and oxygen atoms in total. The van der Waals surface area contributed by atoms with Gasteiger partial charge < -0.3 is 4.57 Å². The molecule has 0 unspecified atom stereocenters. The maximum atomic E-state index is 5.36. The second-order valence-corrected chi connectivity index (χ2v) is 13.7. The lowest BCUT2D eigenvalue weighted by atomic mass is 10.0. The van der Waals surface area contributed by atoms with E-state index in [1.807, 2.05) is 0 Å². The normalized spacial score (nSPS) is 11.6. The molecule has 0 bridgehead atoms. The summed E-state index contributed by atoms with van der Waals surface area (Å²) >= 11 is 1.77. The van der Waals surface area contributed by atoms with Crippen molar-refractivity contribution in [1.82, 2.24) is 14.5 Å². The summed E-state index contributed by atoms with van der Waals surface area (Å²) in [7, 11) is 0. The fraction of sp³-hybridized carbons (Fsp3) is 0. The molecular weight excluding hydrogens is 627 g/mol. The third-order valence-corrected chi connectivity index (χ3v) is 10.8. The van der Waals surface area contributed by atoms with E-state index in [0.29, 0.717) is 5.82 Å². The minimum absolute atomic E-state index is 0.717. The van der Waals surface area contributed by atoms with Crippen LogP contribution in [-0.4, -0.2) is 14.5 Å². The van der Waals surface area contributed by atoms with E-state index in [1.54, 1.807) is 11.3 Å². The van der Waals surface area contributed by atoms with Crippen molar-refractivity contribution in [1.29, 1.82) is 0 Å². The first-order valence-corrected chi connectivity index (χ1v) is 17.6. The number of nitrogens with zero attached hydrogens (tertiary/aromatic N) is 3. The first-order valence-electron chi connectivity index (χ1n) is 16.8. The molecule has 0 fully saturated rings. The Morgan fingerprint density at radius 3 is 1.66 bits per heavy atom. The van der Waals surface area contributed by atoms with E-state index in [9.17, 15) is 0 Å². The van der Waals surface area contributed by atoms with Crippen LogP contribution in [0.4, 0.5) is 0 Å². The molecule has 0 aliphatic heterocycles. The second-order valence-electron chi connectivity index (χ2n) is 12.6. The summed E-state index contributed by atoms with van der Waals surface area (Å²) in [5.74, 6) is 0.717. The van der Waals surface area contributed by atoms with Gasteiger partial charge in [0, 0.05) is 37.7 Å². The highest BCUT2D eigenvalue weighted by molar-refractivity contribution is 7.26. The van der Waals surface area contributed by atoms with Gasteiger partial charge in [0.2, 0.25) is 0 Å². The van der Waals surface area contributed by atoms with Crippen molar-refractivity contribution in [2.75, 3.05) is 0 Å². The highest BCUT2D eigenvalue weighted by Crippen LogP contribution is 2.41. The lowest BCUT2D eigenvalue weighted by molar-refractivity contribution is 1.17. The number of para-hydroxylation sites is 2. The molecule has 10 aromatic rings. The number of benzene rings is 7. The number of rotatable bonds is 5. The van der Waals surface area contributed by atoms with Crippen LogP contribution < -0.4 is 0 Å². The summed E-state index contributed by atoms with van der Waals surface area (Å²) in [6.07, 6.45) is 0. The van der Waals surface area contributed by atoms with Crippen molar-refractivity contribution in [2.45, 2.75) is 0 Å². The van der Waals surface area contributed by atoms with E-state index in [4.69, 9.17) is 9.97 Å². The molecule has 7 aromatic carbocycles. The van der Waals surface area contributed by atoms with Gasteiger partial charge in [-0.25, -0.2) is 9.97 Å². The number of hydrogen-bond acceptors (Lipinski definition) is 3. The standard InChI is InChI=1S/C46H29N3S/c1-3-12-30(13-4-1)32-22-24-33(25-23-32)43-45-44(39-27-26-34(29-42(39)50-45)31-14-5-2-6-15-31)48-46(47-43)35-16-11-17-36(28-35)49-40-20-9-7-18-37(40)38-19-8-10-21-41(38)49/h1-29H. The Labute approximate surface area is 293 Å². The molecule has 50 heavy (non-hydrogen) atoms. The fourth-order valence-corrected chi connectivity index (χ4v) is 8.41. The summed E-state index contributed by atoms with van der Waals surface area (Å²) in [6.45, 7) is 0. The van der Waals surface area contributed by atoms with Gasteiger partial charge in [0.25, 0.3) is 0 Å². The van der Waals surface area contributed by atoms with Crippen molar-refractivity contribution in [3.8, 4) is 50.6 Å². The predicted molar refractivity (Wildman–Crippen MR) is 211 cm³/mol. The zero-order valence-electron chi connectivity index (χ0n) is 27.0. The van der Waals surface area contributed by atoms with Crippen LogP contribution in [0.25, 0.3) is 92.7 Å². The van der Waals surface area contributed by atoms with E-state index < -0.39 is 0 Å². The molecule has 4 heteroatoms. The zero-order valence-corrected chi connectivity index (χ0v) is 27.8. The third kappa shape index (κ3) is 4.73. The van der Waals surface area contributed by atoms with Crippen molar-refractivity contribution < 1.29 is 0 Å². The minimum atomic E-state index is 0.717. The van der Waals surface area contributed by atoms with Crippen molar-refractivity contribution in [3.05, 3.63) is 176 Å². The zero-order chi connectivity index (χ0) is 33.0. The summed E-state index contributed by atoms with van der Waals surface area (Å²) < 4.78 is 4.65. The molecule has 10 rings (SSSR count). The average Bonchev–Trinajstić information content (AvgIpc) is 3.74. The predicted octanol–water partition coefficient (Wildman–Crippen LogP) is 12.6. The quantitative estimate of drug-likeness (QED) is 0.185. The van der Waals surface area contributed by atoms with Crippen molar-refractivity contribution >= 4 is 53.4 Å². The summed E-state index contributed by atoms with van der Waals surface area (Å²) in [5.41, 5.74) is 12.2. The van der Waals surface area contributed by atoms with Gasteiger partial charge >= 0.3 is 0 Å². The SMILES string of the molecule is c1ccc(-c2ccc(-c3nc(-c4cccc(-n5c6ccccc6c6ccccc65)c4)nc4c3sc3cc(-c5ccccc5)ccc34)cc2)cc1. The Balaban J connectivity index is 1.18. The highest BCUT2D eigenvalue weighted by atomic mass is 32.1. The van der Waals surface area contributed by atoms with Crippen LogP contribution in [-0.2, 0) is 0 Å². The van der Waals surface area contributed by atoms with Gasteiger partial charge in [-0.05, 0) is 52.6 Å². The van der Waals surface area contributed by atoms with E-state index in [-0.39, 0.29) is 0 Å². The monoisotopic (exact) mass is 655 g/mol. The van der Waals surface area contributed by atoms with Gasteiger partial charge in [-0.15, -0.1) is 11.3 Å². The van der Waals surface area contributed by atoms with E-state index in [1.165, 1.54) is 48.8 Å². The second kappa shape index (κ2) is 11.7. The van der Waals surface area contributed by atoms with Crippen LogP contribution in [0.2, 0.25) is 0 Å². The largest absolute Gasteiger partial charge is 0.309 e. The smallest absolute Gasteiger partial charge is 0.160 e. The van der Waals surface area contributed by atoms with Gasteiger partial charge in [0.15, 0.2) is 5.82 Å². The molecule has 0 spiro atoms. The van der Waals surface area contributed by atoms with Crippen LogP contribution in [0.1, 0.15) is 0 Å². The molecule has 0 saturated heterocycles. The van der Waals surface area contributed by atoms with Crippen molar-refractivity contribution in [3.63, 3.8) is 0 Å². The highest BCUT2D eigenvalue weighted by Gasteiger charge is 2.19. The Hall–Kier alpha value is -6.36. The molecule has 0 N–H and O–H groups in total. The molecule has 0 radical (unpaired) electrons. The van der Waals surface area contributed by atoms with Gasteiger partial charge in [0.1, 0.15) is 0 Å². The minimum Gasteiger partial charge on any atom is -0.309 e. The Morgan fingerprint density at radius 2 is 0.960 bits per heavy atom. The summed E-state index contributed by atoms with van der Waals surface area (Å²) in [6, 6.07) is 62.5. The summed E-state index contributed by atoms with van der Waals surface area (Å²) in [4.78, 5) is 10.7. The third-order valence-electron chi connectivity index (χ3n) is 9.63. The van der Waals surface area contributed by atoms with E-state index in [2.05, 4.69) is 180 Å². The average molecular weight is 656 g/mol. The topological polar surface area (TPSA) is 30.7 Å². The van der Waals surface area contributed by atoms with Crippen LogP contribution in [0.5, 0.6) is 0 Å². The Morgan fingerprint density at radius 1 is 0.400 bits per heavy atom. The van der Waals surface area contributed by atoms with E-state index >= 15 is 0 Å². The number of aromatic nitrogens is 3. The van der Waals surface area contributed by atoms with Crippen molar-refractivity contribution in [2.24, 2.45) is 0 Å². The molecule has 3 aromatic heterocycles. The number of thiophene rings is 1. The molecule has 0 atom stereocenters. The maximum absolute atomic E-state index is 5.36. The Kier molecular flexibility index (Phi) is 6.68. The molecule has 0 saturated carbocycles. The molecule has 0 aliphatic carbocycles. The lowest BCUT2D eigenvalue weighted by Gasteiger charge is -2.11. The van der Waals surface area contributed by atoms with Gasteiger partial charge in [0.05, 0.1) is 26.9 Å². The van der Waals surface area contributed by atoms with Crippen LogP contribution in [0.15, 0.2) is 176 Å². The van der Waals surface area contributed by atoms with Gasteiger partial charge in [-0.1, -0.05) is 146 Å². The first kappa shape index (κ1) is 28.6. The van der Waals surface area contributed by atoms with E-state index in [0.717, 1.165) is 38.1 Å². The molecule has 234 valence electrons. The van der Waals surface area contributed by atoms with Crippen LogP contribution in [0, 0.1) is 0 Å². The van der Waals surface area contributed by atoms with Gasteiger partial charge in [-0.2, -0.15) is 0 Å². The fourth-order valence-electron chi connectivity index (χ4n) is 7.21. The molecule has 0 aliphatic rings. The molecule has 0 amide bonds. The molecular formula is C46H29N3S. The Bertz CT molecular complexity index is 2800. The van der Waals surface area contributed by atoms with Crippen LogP contribution in [0.3, 0.4) is 0 Å². The van der Waals surface area contributed by atoms with Crippen LogP contribution >= 0.6 is 11.3 Å². The summed E-state index contributed by atoms with van der Waals surface area (Å²) in [5, 5.41) is 3.63. The number of hydrogen-bond donors (Lipinski definition) is 0.